The minimum absolute atomic E-state index is 0.258. The zero-order chi connectivity index (χ0) is 18.0. The van der Waals surface area contributed by atoms with Crippen LogP contribution in [0.1, 0.15) is 64.5 Å². The third kappa shape index (κ3) is 8.92. The topological polar surface area (TPSA) is 12.9 Å². The van der Waals surface area contributed by atoms with Crippen LogP contribution in [0, 0.1) is 5.82 Å². The smallest absolute Gasteiger partial charge is 0.141 e. The summed E-state index contributed by atoms with van der Waals surface area (Å²) in [5.41, 5.74) is 2.13. The number of hydrogen-bond donors (Lipinski definition) is 0. The van der Waals surface area contributed by atoms with Crippen molar-refractivity contribution < 1.29 is 4.39 Å². The molecular weight excluding hydrogens is 332 g/mol. The second-order valence-corrected chi connectivity index (χ2v) is 6.32. The molecule has 0 radical (unpaired) electrons. The Kier molecular flexibility index (Phi) is 10.9. The maximum atomic E-state index is 12.5. The first-order chi connectivity index (χ1) is 10.8. The van der Waals surface area contributed by atoms with Crippen LogP contribution in [0.4, 0.5) is 4.39 Å². The number of aromatic nitrogens is 1. The first-order valence-corrected chi connectivity index (χ1v) is 8.61. The lowest BCUT2D eigenvalue weighted by Crippen LogP contribution is -1.89. The highest BCUT2D eigenvalue weighted by molar-refractivity contribution is 6.34. The van der Waals surface area contributed by atoms with Crippen molar-refractivity contribution in [2.75, 3.05) is 0 Å². The van der Waals surface area contributed by atoms with Crippen molar-refractivity contribution in [3.05, 3.63) is 63.6 Å². The molecule has 0 saturated carbocycles. The maximum absolute atomic E-state index is 12.5. The summed E-state index contributed by atoms with van der Waals surface area (Å²) in [6.45, 7) is 12.2. The highest BCUT2D eigenvalue weighted by atomic mass is 35.5. The van der Waals surface area contributed by atoms with Gasteiger partial charge < -0.3 is 0 Å². The number of halogens is 3. The molecule has 0 fully saturated rings. The van der Waals surface area contributed by atoms with Crippen molar-refractivity contribution in [1.82, 2.24) is 4.98 Å². The molecule has 1 aromatic carbocycles. The van der Waals surface area contributed by atoms with E-state index < -0.39 is 0 Å². The van der Waals surface area contributed by atoms with Gasteiger partial charge in [-0.2, -0.15) is 0 Å². The molecule has 0 aliphatic rings. The van der Waals surface area contributed by atoms with Crippen molar-refractivity contribution in [3.8, 4) is 0 Å². The molecule has 1 aromatic heterocycles. The van der Waals surface area contributed by atoms with Gasteiger partial charge in [-0.1, -0.05) is 64.7 Å². The summed E-state index contributed by atoms with van der Waals surface area (Å²) in [4.78, 5) is 3.73. The van der Waals surface area contributed by atoms with Crippen LogP contribution in [0.15, 0.2) is 36.7 Å². The summed E-state index contributed by atoms with van der Waals surface area (Å²) in [7, 11) is 0. The molecule has 0 saturated heterocycles. The summed E-state index contributed by atoms with van der Waals surface area (Å²) in [6.07, 6.45) is 2.90. The van der Waals surface area contributed by atoms with Gasteiger partial charge in [-0.15, -0.1) is 0 Å². The molecule has 2 aromatic rings. The zero-order valence-electron chi connectivity index (χ0n) is 14.7. The summed E-state index contributed by atoms with van der Waals surface area (Å²) >= 11 is 11.6. The van der Waals surface area contributed by atoms with Crippen LogP contribution in [0.25, 0.3) is 0 Å². The normalized spacial score (nSPS) is 9.87. The van der Waals surface area contributed by atoms with Crippen LogP contribution in [0.3, 0.4) is 0 Å². The molecule has 4 heteroatoms. The van der Waals surface area contributed by atoms with Crippen LogP contribution in [0.2, 0.25) is 10.0 Å². The van der Waals surface area contributed by atoms with Gasteiger partial charge in [0.15, 0.2) is 0 Å². The molecular formula is C19H26Cl2FN. The van der Waals surface area contributed by atoms with Crippen molar-refractivity contribution >= 4 is 23.2 Å². The lowest BCUT2D eigenvalue weighted by Gasteiger charge is -2.05. The number of nitrogens with zero attached hydrogens (tertiary/aromatic N) is 1. The van der Waals surface area contributed by atoms with Gasteiger partial charge in [0.2, 0.25) is 0 Å². The summed E-state index contributed by atoms with van der Waals surface area (Å²) in [6, 6.07) is 7.14. The molecule has 0 aliphatic carbocycles. The summed E-state index contributed by atoms with van der Waals surface area (Å²) in [5, 5.41) is 1.42. The summed E-state index contributed by atoms with van der Waals surface area (Å²) in [5.74, 6) is 0.570. The third-order valence-corrected chi connectivity index (χ3v) is 3.38. The van der Waals surface area contributed by atoms with E-state index in [9.17, 15) is 4.39 Å². The second kappa shape index (κ2) is 11.4. The Balaban J connectivity index is 0.000000381. The average molecular weight is 358 g/mol. The van der Waals surface area contributed by atoms with E-state index in [2.05, 4.69) is 18.8 Å². The van der Waals surface area contributed by atoms with Crippen LogP contribution in [-0.2, 0) is 0 Å². The van der Waals surface area contributed by atoms with Crippen LogP contribution in [0.5, 0.6) is 0 Å². The van der Waals surface area contributed by atoms with Gasteiger partial charge in [-0.3, -0.25) is 4.98 Å². The fourth-order valence-electron chi connectivity index (χ4n) is 1.65. The van der Waals surface area contributed by atoms with Gasteiger partial charge in [0, 0.05) is 16.2 Å². The van der Waals surface area contributed by atoms with E-state index in [4.69, 9.17) is 23.2 Å². The monoisotopic (exact) mass is 357 g/mol. The standard InChI is InChI=1S/C9H10Cl2.C8H10FN.C2H6/c1-6(2)7-3-8(10)5-9(11)4-7;1-6(2)7-3-8(9)5-10-4-7;1-2/h3-6H,1-2H3;3-6H,1-2H3;1-2H3. The Morgan fingerprint density at radius 3 is 1.61 bits per heavy atom. The lowest BCUT2D eigenvalue weighted by molar-refractivity contribution is 0.616. The minimum Gasteiger partial charge on any atom is -0.261 e. The average Bonchev–Trinajstić information content (AvgIpc) is 2.49. The molecule has 0 N–H and O–H groups in total. The molecule has 0 bridgehead atoms. The van der Waals surface area contributed by atoms with Gasteiger partial charge in [-0.05, 0) is 47.2 Å². The van der Waals surface area contributed by atoms with Gasteiger partial charge >= 0.3 is 0 Å². The molecule has 1 nitrogen and oxygen atoms in total. The molecule has 0 amide bonds. The van der Waals surface area contributed by atoms with Crippen molar-refractivity contribution in [2.24, 2.45) is 0 Å². The largest absolute Gasteiger partial charge is 0.261 e. The van der Waals surface area contributed by atoms with Crippen LogP contribution in [-0.4, -0.2) is 4.98 Å². The predicted molar refractivity (Wildman–Crippen MR) is 100 cm³/mol. The summed E-state index contributed by atoms with van der Waals surface area (Å²) < 4.78 is 12.5. The Hall–Kier alpha value is -1.12. The zero-order valence-corrected chi connectivity index (χ0v) is 16.2. The number of benzene rings is 1. The van der Waals surface area contributed by atoms with E-state index in [0.717, 1.165) is 5.56 Å². The van der Waals surface area contributed by atoms with Gasteiger partial charge in [0.25, 0.3) is 0 Å². The van der Waals surface area contributed by atoms with Crippen molar-refractivity contribution in [3.63, 3.8) is 0 Å². The van der Waals surface area contributed by atoms with Gasteiger partial charge in [-0.25, -0.2) is 4.39 Å². The Bertz CT molecular complexity index is 563. The minimum atomic E-state index is -0.258. The molecule has 0 aliphatic heterocycles. The SMILES string of the molecule is CC.CC(C)c1cc(Cl)cc(Cl)c1.CC(C)c1cncc(F)c1. The lowest BCUT2D eigenvalue weighted by atomic mass is 10.0. The van der Waals surface area contributed by atoms with Crippen molar-refractivity contribution in [2.45, 2.75) is 53.4 Å². The van der Waals surface area contributed by atoms with E-state index in [1.54, 1.807) is 12.3 Å². The van der Waals surface area contributed by atoms with Crippen molar-refractivity contribution in [1.29, 1.82) is 0 Å². The molecule has 0 spiro atoms. The molecule has 2 rings (SSSR count). The fourth-order valence-corrected chi connectivity index (χ4v) is 2.20. The third-order valence-electron chi connectivity index (χ3n) is 2.94. The Labute approximate surface area is 149 Å². The van der Waals surface area contributed by atoms with E-state index in [-0.39, 0.29) is 5.82 Å². The van der Waals surface area contributed by atoms with Crippen LogP contribution < -0.4 is 0 Å². The number of hydrogen-bond acceptors (Lipinski definition) is 1. The number of pyridine rings is 1. The van der Waals surface area contributed by atoms with E-state index in [1.807, 2.05) is 39.8 Å². The Morgan fingerprint density at radius 1 is 0.783 bits per heavy atom. The Morgan fingerprint density at radius 2 is 1.26 bits per heavy atom. The molecule has 0 atom stereocenters. The van der Waals surface area contributed by atoms with E-state index >= 15 is 0 Å². The van der Waals surface area contributed by atoms with E-state index in [0.29, 0.717) is 21.9 Å². The van der Waals surface area contributed by atoms with E-state index in [1.165, 1.54) is 17.8 Å². The van der Waals surface area contributed by atoms with Crippen LogP contribution >= 0.6 is 23.2 Å². The maximum Gasteiger partial charge on any atom is 0.141 e. The first kappa shape index (κ1) is 21.9. The van der Waals surface area contributed by atoms with Gasteiger partial charge in [0.05, 0.1) is 6.20 Å². The predicted octanol–water partition coefficient (Wildman–Crippen LogP) is 7.49. The second-order valence-electron chi connectivity index (χ2n) is 5.45. The molecule has 23 heavy (non-hydrogen) atoms. The fraction of sp³-hybridized carbons (Fsp3) is 0.421. The quantitative estimate of drug-likeness (QED) is 0.542. The highest BCUT2D eigenvalue weighted by Crippen LogP contribution is 2.23. The highest BCUT2D eigenvalue weighted by Gasteiger charge is 2.01. The molecule has 0 unspecified atom stereocenters. The van der Waals surface area contributed by atoms with Gasteiger partial charge in [0.1, 0.15) is 5.82 Å². The number of rotatable bonds is 2. The molecule has 1 heterocycles. The molecule has 128 valence electrons. The first-order valence-electron chi connectivity index (χ1n) is 7.86.